The van der Waals surface area contributed by atoms with E-state index in [4.69, 9.17) is 0 Å². The number of likely N-dealkylation sites (N-methyl/N-ethyl adjacent to an activating group) is 1. The average molecular weight is 299 g/mol. The maximum atomic E-state index is 12.5. The third-order valence-corrected chi connectivity index (χ3v) is 3.62. The molecule has 3 nitrogen and oxygen atoms in total. The average Bonchev–Trinajstić information content (AvgIpc) is 2.45. The minimum absolute atomic E-state index is 0.167. The molecule has 21 heavy (non-hydrogen) atoms. The van der Waals surface area contributed by atoms with Gasteiger partial charge in [0.05, 0.1) is 0 Å². The molecule has 0 aromatic heterocycles. The maximum absolute atomic E-state index is 12.5. The number of rotatable bonds is 3. The number of thiol groups is 1. The van der Waals surface area contributed by atoms with Crippen molar-refractivity contribution in [3.63, 3.8) is 0 Å². The summed E-state index contributed by atoms with van der Waals surface area (Å²) in [6.07, 6.45) is 3.33. The van der Waals surface area contributed by atoms with Crippen molar-refractivity contribution in [1.82, 2.24) is 5.32 Å². The first-order valence-electron chi connectivity index (χ1n) is 6.59. The van der Waals surface area contributed by atoms with Gasteiger partial charge in [-0.15, -0.1) is 12.6 Å². The zero-order chi connectivity index (χ0) is 15.6. The normalized spacial score (nSPS) is 17.4. The van der Waals surface area contributed by atoms with Crippen LogP contribution in [0.5, 0.6) is 0 Å². The van der Waals surface area contributed by atoms with Crippen molar-refractivity contribution in [2.45, 2.75) is 6.92 Å². The van der Waals surface area contributed by atoms with Gasteiger partial charge < -0.3 is 5.32 Å². The highest BCUT2D eigenvalue weighted by atomic mass is 32.1. The summed E-state index contributed by atoms with van der Waals surface area (Å²) < 4.78 is 0. The molecule has 1 aromatic rings. The summed E-state index contributed by atoms with van der Waals surface area (Å²) in [6, 6.07) is 5.26. The van der Waals surface area contributed by atoms with Crippen molar-refractivity contribution in [3.05, 3.63) is 69.7 Å². The molecule has 4 heteroatoms. The summed E-state index contributed by atoms with van der Waals surface area (Å²) in [5, 5.41) is 2.96. The molecule has 1 aromatic carbocycles. The van der Waals surface area contributed by atoms with Crippen LogP contribution in [0, 0.1) is 6.92 Å². The largest absolute Gasteiger partial charge is 0.315 e. The smallest absolute Gasteiger partial charge is 0.194 e. The Labute approximate surface area is 129 Å². The third kappa shape index (κ3) is 3.06. The van der Waals surface area contributed by atoms with Gasteiger partial charge in [-0.05, 0) is 31.0 Å². The molecule has 0 amide bonds. The summed E-state index contributed by atoms with van der Waals surface area (Å²) in [5.74, 6) is -0.362. The number of aryl methyl sites for hydroxylation is 1. The second-order valence-electron chi connectivity index (χ2n) is 4.95. The number of carbonyl (C=O) groups excluding carboxylic acids is 2. The van der Waals surface area contributed by atoms with Crippen LogP contribution in [0.1, 0.15) is 26.3 Å². The molecule has 2 rings (SSSR count). The van der Waals surface area contributed by atoms with Crippen LogP contribution in [0.4, 0.5) is 0 Å². The van der Waals surface area contributed by atoms with E-state index in [0.29, 0.717) is 23.2 Å². The van der Waals surface area contributed by atoms with Crippen LogP contribution in [0.25, 0.3) is 0 Å². The number of hydrogen-bond acceptors (Lipinski definition) is 4. The maximum Gasteiger partial charge on any atom is 0.194 e. The van der Waals surface area contributed by atoms with Gasteiger partial charge in [0.25, 0.3) is 0 Å². The summed E-state index contributed by atoms with van der Waals surface area (Å²) in [4.78, 5) is 25.6. The number of allylic oxidation sites excluding steroid dienone is 4. The molecule has 0 fully saturated rings. The highest BCUT2D eigenvalue weighted by molar-refractivity contribution is 7.84. The molecule has 1 aliphatic carbocycles. The number of hydrogen-bond donors (Lipinski definition) is 2. The molecule has 0 aliphatic heterocycles. The fraction of sp³-hybridized carbons (Fsp3) is 0.176. The van der Waals surface area contributed by atoms with Crippen LogP contribution in [-0.2, 0) is 0 Å². The number of ketones is 2. The van der Waals surface area contributed by atoms with Gasteiger partial charge in [0.2, 0.25) is 0 Å². The second-order valence-corrected chi connectivity index (χ2v) is 5.53. The van der Waals surface area contributed by atoms with E-state index in [2.05, 4.69) is 24.5 Å². The molecule has 108 valence electrons. The minimum atomic E-state index is -0.196. The molecule has 0 radical (unpaired) electrons. The summed E-state index contributed by atoms with van der Waals surface area (Å²) in [7, 11) is 1.81. The highest BCUT2D eigenvalue weighted by Gasteiger charge is 2.30. The molecule has 0 saturated carbocycles. The first kappa shape index (κ1) is 15.5. The minimum Gasteiger partial charge on any atom is -0.315 e. The summed E-state index contributed by atoms with van der Waals surface area (Å²) in [5.41, 5.74) is 2.39. The van der Waals surface area contributed by atoms with E-state index in [-0.39, 0.29) is 17.1 Å². The quantitative estimate of drug-likeness (QED) is 0.666. The molecular formula is C17H17NO2S. The number of fused-ring (bicyclic) bond motifs is 1. The molecule has 1 aliphatic rings. The van der Waals surface area contributed by atoms with E-state index >= 15 is 0 Å². The zero-order valence-electron chi connectivity index (χ0n) is 12.1. The Balaban J connectivity index is 2.49. The monoisotopic (exact) mass is 299 g/mol. The number of benzene rings is 1. The van der Waals surface area contributed by atoms with Crippen molar-refractivity contribution >= 4 is 24.2 Å². The Kier molecular flexibility index (Phi) is 4.60. The fourth-order valence-electron chi connectivity index (χ4n) is 2.21. The van der Waals surface area contributed by atoms with Crippen molar-refractivity contribution < 1.29 is 9.59 Å². The SMILES string of the molecule is C=C1C(=O)c2ccc(C)cc2C(=O)/C1=C/C=C(\S)CNC. The molecule has 0 atom stereocenters. The van der Waals surface area contributed by atoms with Crippen LogP contribution in [0.3, 0.4) is 0 Å². The van der Waals surface area contributed by atoms with Crippen LogP contribution in [-0.4, -0.2) is 25.2 Å². The first-order valence-corrected chi connectivity index (χ1v) is 7.04. The van der Waals surface area contributed by atoms with Crippen LogP contribution in [0.15, 0.2) is 53.0 Å². The van der Waals surface area contributed by atoms with E-state index in [0.717, 1.165) is 10.5 Å². The van der Waals surface area contributed by atoms with Gasteiger partial charge >= 0.3 is 0 Å². The summed E-state index contributed by atoms with van der Waals surface area (Å²) in [6.45, 7) is 6.25. The van der Waals surface area contributed by atoms with E-state index in [9.17, 15) is 9.59 Å². The number of nitrogens with one attached hydrogen (secondary N) is 1. The van der Waals surface area contributed by atoms with E-state index in [1.165, 1.54) is 0 Å². The van der Waals surface area contributed by atoms with Crippen LogP contribution < -0.4 is 5.32 Å². The van der Waals surface area contributed by atoms with Gasteiger partial charge in [-0.3, -0.25) is 9.59 Å². The number of Topliss-reactive ketones (excluding diaryl/α,β-unsaturated/α-hetero) is 2. The highest BCUT2D eigenvalue weighted by Crippen LogP contribution is 2.29. The second kappa shape index (κ2) is 6.24. The van der Waals surface area contributed by atoms with Crippen molar-refractivity contribution in [1.29, 1.82) is 0 Å². The Morgan fingerprint density at radius 1 is 1.29 bits per heavy atom. The molecule has 0 spiro atoms. The van der Waals surface area contributed by atoms with Gasteiger partial charge in [0, 0.05) is 28.8 Å². The first-order chi connectivity index (χ1) is 9.95. The lowest BCUT2D eigenvalue weighted by atomic mass is 9.82. The Morgan fingerprint density at radius 2 is 2.00 bits per heavy atom. The molecule has 0 unspecified atom stereocenters. The van der Waals surface area contributed by atoms with Gasteiger partial charge in [-0.25, -0.2) is 0 Å². The lowest BCUT2D eigenvalue weighted by Gasteiger charge is -2.18. The molecule has 0 bridgehead atoms. The Morgan fingerprint density at radius 3 is 2.67 bits per heavy atom. The summed E-state index contributed by atoms with van der Waals surface area (Å²) >= 11 is 4.29. The zero-order valence-corrected chi connectivity index (χ0v) is 13.0. The third-order valence-electron chi connectivity index (χ3n) is 3.31. The van der Waals surface area contributed by atoms with E-state index in [1.54, 1.807) is 24.3 Å². The van der Waals surface area contributed by atoms with Gasteiger partial charge in [0.1, 0.15) is 0 Å². The molecule has 1 N–H and O–H groups in total. The lowest BCUT2D eigenvalue weighted by molar-refractivity contribution is 0.0973. The van der Waals surface area contributed by atoms with E-state index in [1.807, 2.05) is 20.0 Å². The lowest BCUT2D eigenvalue weighted by Crippen LogP contribution is -2.22. The topological polar surface area (TPSA) is 46.2 Å². The molecule has 0 heterocycles. The predicted molar refractivity (Wildman–Crippen MR) is 88.1 cm³/mol. The fourth-order valence-corrected chi connectivity index (χ4v) is 2.44. The van der Waals surface area contributed by atoms with E-state index < -0.39 is 0 Å². The van der Waals surface area contributed by atoms with Gasteiger partial charge in [-0.2, -0.15) is 0 Å². The predicted octanol–water partition coefficient (Wildman–Crippen LogP) is 2.89. The van der Waals surface area contributed by atoms with Crippen LogP contribution >= 0.6 is 12.6 Å². The van der Waals surface area contributed by atoms with Crippen molar-refractivity contribution in [2.75, 3.05) is 13.6 Å². The van der Waals surface area contributed by atoms with Crippen molar-refractivity contribution in [2.24, 2.45) is 0 Å². The van der Waals surface area contributed by atoms with Gasteiger partial charge in [-0.1, -0.05) is 30.4 Å². The van der Waals surface area contributed by atoms with Gasteiger partial charge in [0.15, 0.2) is 11.6 Å². The number of carbonyl (C=O) groups is 2. The molecule has 0 saturated heterocycles. The van der Waals surface area contributed by atoms with Crippen molar-refractivity contribution in [3.8, 4) is 0 Å². The standard InChI is InChI=1S/C17H17NO2S/c1-10-4-6-14-15(8-10)17(20)13(11(2)16(14)19)7-5-12(21)9-18-3/h4-8,18,21H,2,9H2,1,3H3/b12-5-,13-7+. The van der Waals surface area contributed by atoms with Crippen LogP contribution in [0.2, 0.25) is 0 Å². The molecular weight excluding hydrogens is 282 g/mol. The Hall–Kier alpha value is -1.91. The Bertz CT molecular complexity index is 699.